The zero-order valence-corrected chi connectivity index (χ0v) is 22.9. The second kappa shape index (κ2) is 9.75. The Bertz CT molecular complexity index is 2980. The Morgan fingerprint density at radius 3 is 1.98 bits per heavy atom. The molecule has 3 aromatic heterocycles. The van der Waals surface area contributed by atoms with E-state index >= 15 is 0 Å². The number of rotatable bonds is 4. The molecule has 0 aliphatic rings. The van der Waals surface area contributed by atoms with Gasteiger partial charge in [0, 0.05) is 38.5 Å². The van der Waals surface area contributed by atoms with Crippen LogP contribution in [0.15, 0.2) is 150 Å². The average Bonchev–Trinajstić information content (AvgIpc) is 3.73. The molecular formula is C39H24N4O. The van der Waals surface area contributed by atoms with Gasteiger partial charge in [-0.25, -0.2) is 15.0 Å². The second-order valence-corrected chi connectivity index (χ2v) is 10.2. The van der Waals surface area contributed by atoms with E-state index in [0.717, 1.165) is 49.4 Å². The SMILES string of the molecule is [2H]c1cc(-c2nc(-c3ccc(-n4c5ccccc5c5ccc6oc7ccccc7c6c54)cc3)nc(-c3c([2H])c([2H])c([2H])c([2H])c3[2H])n2)c([2H])c([2H])c1[2H]. The van der Waals surface area contributed by atoms with Crippen molar-refractivity contribution in [2.75, 3.05) is 0 Å². The van der Waals surface area contributed by atoms with Gasteiger partial charge in [0.1, 0.15) is 11.2 Å². The van der Waals surface area contributed by atoms with Crippen LogP contribution >= 0.6 is 0 Å². The predicted octanol–water partition coefficient (Wildman–Crippen LogP) is 9.87. The van der Waals surface area contributed by atoms with Crippen LogP contribution in [0.5, 0.6) is 0 Å². The number of para-hydroxylation sites is 2. The minimum Gasteiger partial charge on any atom is -0.456 e. The zero-order chi connectivity index (χ0) is 36.9. The van der Waals surface area contributed by atoms with Crippen LogP contribution in [0.1, 0.15) is 12.3 Å². The highest BCUT2D eigenvalue weighted by atomic mass is 16.3. The van der Waals surface area contributed by atoms with Crippen molar-refractivity contribution in [2.24, 2.45) is 0 Å². The molecule has 0 N–H and O–H groups in total. The van der Waals surface area contributed by atoms with E-state index in [9.17, 15) is 0 Å². The van der Waals surface area contributed by atoms with Gasteiger partial charge in [-0.3, -0.25) is 0 Å². The molecule has 5 nitrogen and oxygen atoms in total. The van der Waals surface area contributed by atoms with E-state index < -0.39 is 48.3 Å². The van der Waals surface area contributed by atoms with Crippen molar-refractivity contribution in [3.05, 3.63) is 145 Å². The van der Waals surface area contributed by atoms with Crippen LogP contribution in [0.2, 0.25) is 0 Å². The lowest BCUT2D eigenvalue weighted by Crippen LogP contribution is -2.00. The van der Waals surface area contributed by atoms with Crippen molar-refractivity contribution < 1.29 is 16.8 Å². The Morgan fingerprint density at radius 1 is 0.500 bits per heavy atom. The third-order valence-corrected chi connectivity index (χ3v) is 7.71. The standard InChI is InChI=1S/C39H24N4O/c1-3-11-25(12-4-1)37-40-38(26-13-5-2-6-14-26)42-39(41-37)27-19-21-28(22-20-27)43-32-17-9-7-15-29(32)30-23-24-34-35(36(30)43)31-16-8-10-18-33(31)44-34/h1-24H/i1D,2D,3D,4D,5D,6D,11D,12D,13D. The molecule has 0 amide bonds. The minimum absolute atomic E-state index is 0.0356. The molecular weight excluding hydrogens is 540 g/mol. The zero-order valence-electron chi connectivity index (χ0n) is 31.9. The molecule has 44 heavy (non-hydrogen) atoms. The summed E-state index contributed by atoms with van der Waals surface area (Å²) in [4.78, 5) is 13.6. The lowest BCUT2D eigenvalue weighted by atomic mass is 10.1. The van der Waals surface area contributed by atoms with Crippen LogP contribution < -0.4 is 0 Å². The van der Waals surface area contributed by atoms with Crippen molar-refractivity contribution in [3.63, 3.8) is 0 Å². The van der Waals surface area contributed by atoms with Gasteiger partial charge in [-0.1, -0.05) is 96.8 Å². The van der Waals surface area contributed by atoms with Crippen LogP contribution in [0.4, 0.5) is 0 Å². The van der Waals surface area contributed by atoms with Crippen molar-refractivity contribution in [2.45, 2.75) is 0 Å². The lowest BCUT2D eigenvalue weighted by Gasteiger charge is -2.11. The highest BCUT2D eigenvalue weighted by Crippen LogP contribution is 2.40. The lowest BCUT2D eigenvalue weighted by molar-refractivity contribution is 0.669. The summed E-state index contributed by atoms with van der Waals surface area (Å²) in [5.41, 5.74) is 4.53. The fourth-order valence-corrected chi connectivity index (χ4v) is 5.79. The molecule has 0 saturated carbocycles. The first kappa shape index (κ1) is 17.1. The molecule has 0 radical (unpaired) electrons. The van der Waals surface area contributed by atoms with Crippen LogP contribution in [-0.2, 0) is 0 Å². The first-order valence-electron chi connectivity index (χ1n) is 18.4. The van der Waals surface area contributed by atoms with Gasteiger partial charge in [-0.2, -0.15) is 0 Å². The summed E-state index contributed by atoms with van der Waals surface area (Å²) in [6.07, 6.45) is 0. The fourth-order valence-electron chi connectivity index (χ4n) is 5.79. The van der Waals surface area contributed by atoms with Crippen molar-refractivity contribution >= 4 is 43.7 Å². The van der Waals surface area contributed by atoms with E-state index in [0.29, 0.717) is 5.56 Å². The third kappa shape index (κ3) is 3.83. The van der Waals surface area contributed by atoms with Crippen molar-refractivity contribution in [1.29, 1.82) is 0 Å². The van der Waals surface area contributed by atoms with Gasteiger partial charge < -0.3 is 8.98 Å². The minimum atomic E-state index is -0.572. The molecule has 9 rings (SSSR count). The fraction of sp³-hybridized carbons (Fsp3) is 0. The summed E-state index contributed by atoms with van der Waals surface area (Å²) >= 11 is 0. The third-order valence-electron chi connectivity index (χ3n) is 7.71. The van der Waals surface area contributed by atoms with E-state index in [-0.39, 0.29) is 34.6 Å². The molecule has 206 valence electrons. The van der Waals surface area contributed by atoms with E-state index in [1.165, 1.54) is 6.07 Å². The van der Waals surface area contributed by atoms with Gasteiger partial charge in [0.2, 0.25) is 0 Å². The molecule has 0 fully saturated rings. The molecule has 3 heterocycles. The van der Waals surface area contributed by atoms with Gasteiger partial charge in [-0.05, 0) is 48.5 Å². The van der Waals surface area contributed by atoms with Crippen molar-refractivity contribution in [3.8, 4) is 39.9 Å². The Labute approximate surface area is 265 Å². The molecule has 0 unspecified atom stereocenters. The summed E-state index contributed by atoms with van der Waals surface area (Å²) in [6, 6.07) is 24.4. The van der Waals surface area contributed by atoms with Crippen LogP contribution in [-0.4, -0.2) is 19.5 Å². The topological polar surface area (TPSA) is 56.7 Å². The molecule has 6 aromatic carbocycles. The number of aromatic nitrogens is 4. The highest BCUT2D eigenvalue weighted by Gasteiger charge is 2.19. The average molecular weight is 574 g/mol. The monoisotopic (exact) mass is 573 g/mol. The number of hydrogen-bond donors (Lipinski definition) is 0. The highest BCUT2D eigenvalue weighted by molar-refractivity contribution is 6.24. The van der Waals surface area contributed by atoms with Crippen molar-refractivity contribution in [1.82, 2.24) is 19.5 Å². The molecule has 0 saturated heterocycles. The molecule has 5 heteroatoms. The second-order valence-electron chi connectivity index (χ2n) is 10.2. The maximum atomic E-state index is 8.59. The molecule has 0 bridgehead atoms. The van der Waals surface area contributed by atoms with Gasteiger partial charge in [-0.15, -0.1) is 0 Å². The van der Waals surface area contributed by atoms with Gasteiger partial charge in [0.15, 0.2) is 17.5 Å². The van der Waals surface area contributed by atoms with Crippen LogP contribution in [0, 0.1) is 0 Å². The molecule has 9 aromatic rings. The number of hydrogen-bond acceptors (Lipinski definition) is 4. The van der Waals surface area contributed by atoms with E-state index in [1.807, 2.05) is 54.6 Å². The van der Waals surface area contributed by atoms with Gasteiger partial charge in [0.05, 0.1) is 28.8 Å². The quantitative estimate of drug-likeness (QED) is 0.210. The Kier molecular flexibility index (Phi) is 3.80. The Morgan fingerprint density at radius 2 is 1.16 bits per heavy atom. The van der Waals surface area contributed by atoms with E-state index in [1.54, 1.807) is 12.1 Å². The summed E-state index contributed by atoms with van der Waals surface area (Å²) < 4.78 is 83.2. The summed E-state index contributed by atoms with van der Waals surface area (Å²) in [7, 11) is 0. The van der Waals surface area contributed by atoms with Crippen LogP contribution in [0.25, 0.3) is 83.6 Å². The first-order valence-corrected chi connectivity index (χ1v) is 13.9. The maximum Gasteiger partial charge on any atom is 0.164 e. The van der Waals surface area contributed by atoms with Gasteiger partial charge >= 0.3 is 0 Å². The van der Waals surface area contributed by atoms with E-state index in [2.05, 4.69) is 37.7 Å². The predicted molar refractivity (Wildman–Crippen MR) is 178 cm³/mol. The summed E-state index contributed by atoms with van der Waals surface area (Å²) in [5, 5.41) is 4.10. The smallest absolute Gasteiger partial charge is 0.164 e. The summed E-state index contributed by atoms with van der Waals surface area (Å²) in [5.74, 6) is -0.319. The summed E-state index contributed by atoms with van der Waals surface area (Å²) in [6.45, 7) is 0. The molecule has 0 atom stereocenters. The number of nitrogens with zero attached hydrogens (tertiary/aromatic N) is 4. The number of furan rings is 1. The van der Waals surface area contributed by atoms with E-state index in [4.69, 9.17) is 16.8 Å². The Balaban J connectivity index is 1.27. The largest absolute Gasteiger partial charge is 0.456 e. The van der Waals surface area contributed by atoms with Crippen LogP contribution in [0.3, 0.4) is 0 Å². The first-order chi connectivity index (χ1) is 25.5. The number of benzene rings is 6. The molecule has 0 aliphatic carbocycles. The molecule has 0 spiro atoms. The Hall–Kier alpha value is -6.07. The van der Waals surface area contributed by atoms with Gasteiger partial charge in [0.25, 0.3) is 0 Å². The normalized spacial score (nSPS) is 14.5. The number of fused-ring (bicyclic) bond motifs is 7. The maximum absolute atomic E-state index is 8.59. The molecule has 0 aliphatic heterocycles.